The number of ether oxygens (including phenoxy) is 1. The second kappa shape index (κ2) is 9.44. The average molecular weight is 460 g/mol. The lowest BCUT2D eigenvalue weighted by Crippen LogP contribution is -2.50. The van der Waals surface area contributed by atoms with Crippen LogP contribution < -0.4 is 4.74 Å². The number of nitrogens with one attached hydrogen (secondary N) is 1. The zero-order chi connectivity index (χ0) is 23.5. The molecule has 3 heterocycles. The smallest absolute Gasteiger partial charge is 0.325 e. The predicted molar refractivity (Wildman–Crippen MR) is 126 cm³/mol. The third-order valence-electron chi connectivity index (χ3n) is 6.16. The minimum Gasteiger partial charge on any atom is -0.489 e. The van der Waals surface area contributed by atoms with E-state index in [0.29, 0.717) is 49.9 Å². The molecule has 2 aromatic carbocycles. The Morgan fingerprint density at radius 2 is 1.82 bits per heavy atom. The molecule has 0 saturated carbocycles. The van der Waals surface area contributed by atoms with E-state index in [2.05, 4.69) is 4.98 Å². The Bertz CT molecular complexity index is 1270. The molecule has 1 saturated heterocycles. The molecule has 2 aromatic heterocycles. The zero-order valence-electron chi connectivity index (χ0n) is 18.5. The van der Waals surface area contributed by atoms with Crippen molar-refractivity contribution in [2.24, 2.45) is 0 Å². The number of rotatable bonds is 7. The summed E-state index contributed by atoms with van der Waals surface area (Å²) >= 11 is 0. The molecule has 8 nitrogen and oxygen atoms in total. The summed E-state index contributed by atoms with van der Waals surface area (Å²) in [7, 11) is 0. The largest absolute Gasteiger partial charge is 0.489 e. The summed E-state index contributed by atoms with van der Waals surface area (Å²) < 4.78 is 11.2. The molecule has 2 N–H and O–H groups in total. The van der Waals surface area contributed by atoms with Gasteiger partial charge in [-0.15, -0.1) is 0 Å². The van der Waals surface area contributed by atoms with Crippen molar-refractivity contribution in [3.8, 4) is 5.75 Å². The van der Waals surface area contributed by atoms with Crippen molar-refractivity contribution < 1.29 is 23.8 Å². The summed E-state index contributed by atoms with van der Waals surface area (Å²) in [5, 5.41) is 10.9. The number of H-pyrrole nitrogens is 1. The Kier molecular flexibility index (Phi) is 6.05. The Morgan fingerprint density at radius 3 is 2.53 bits per heavy atom. The van der Waals surface area contributed by atoms with Gasteiger partial charge in [-0.25, -0.2) is 0 Å². The highest BCUT2D eigenvalue weighted by Gasteiger charge is 2.33. The topological polar surface area (TPSA) is 99.0 Å². The van der Waals surface area contributed by atoms with E-state index >= 15 is 0 Å². The number of piperazine rings is 1. The van der Waals surface area contributed by atoms with Gasteiger partial charge in [-0.3, -0.25) is 14.5 Å². The predicted octanol–water partition coefficient (Wildman–Crippen LogP) is 3.92. The lowest BCUT2D eigenvalue weighted by molar-refractivity contribution is -0.144. The number of carboxylic acids is 1. The highest BCUT2D eigenvalue weighted by atomic mass is 16.5. The van der Waals surface area contributed by atoms with Gasteiger partial charge < -0.3 is 24.1 Å². The van der Waals surface area contributed by atoms with Gasteiger partial charge in [-0.1, -0.05) is 30.3 Å². The molecule has 0 spiro atoms. The van der Waals surface area contributed by atoms with Crippen LogP contribution in [0.4, 0.5) is 0 Å². The number of aromatic nitrogens is 1. The summed E-state index contributed by atoms with van der Waals surface area (Å²) in [5.74, 6) is -0.135. The number of benzene rings is 2. The minimum atomic E-state index is -0.928. The molecule has 8 heteroatoms. The van der Waals surface area contributed by atoms with Gasteiger partial charge in [0.25, 0.3) is 5.91 Å². The van der Waals surface area contributed by atoms with Gasteiger partial charge in [0.2, 0.25) is 0 Å². The normalized spacial score (nSPS) is 15.4. The Labute approximate surface area is 196 Å². The van der Waals surface area contributed by atoms with E-state index in [0.717, 1.165) is 16.5 Å². The Hall–Kier alpha value is -4.04. The number of hydrogen-bond donors (Lipinski definition) is 2. The molecule has 1 aliphatic rings. The van der Waals surface area contributed by atoms with Crippen LogP contribution in [0.1, 0.15) is 27.7 Å². The van der Waals surface area contributed by atoms with Gasteiger partial charge in [-0.2, -0.15) is 0 Å². The molecule has 4 aromatic rings. The van der Waals surface area contributed by atoms with Crippen LogP contribution in [0.5, 0.6) is 5.75 Å². The first-order valence-electron chi connectivity index (χ1n) is 11.2. The molecule has 0 bridgehead atoms. The number of aliphatic carboxylic acids is 1. The van der Waals surface area contributed by atoms with Crippen LogP contribution >= 0.6 is 0 Å². The summed E-state index contributed by atoms with van der Waals surface area (Å²) in [6.07, 6.45) is 3.23. The monoisotopic (exact) mass is 459 g/mol. The molecular weight excluding hydrogens is 434 g/mol. The number of aromatic amines is 1. The lowest BCUT2D eigenvalue weighted by atomic mass is 10.0. The van der Waals surface area contributed by atoms with E-state index < -0.39 is 12.0 Å². The maximum absolute atomic E-state index is 12.6. The fourth-order valence-electron chi connectivity index (χ4n) is 4.40. The van der Waals surface area contributed by atoms with Crippen LogP contribution in [0.15, 0.2) is 77.5 Å². The molecule has 34 heavy (non-hydrogen) atoms. The third-order valence-corrected chi connectivity index (χ3v) is 6.16. The highest BCUT2D eigenvalue weighted by molar-refractivity contribution is 5.92. The van der Waals surface area contributed by atoms with Gasteiger partial charge in [0, 0.05) is 48.8 Å². The van der Waals surface area contributed by atoms with E-state index in [-0.39, 0.29) is 5.91 Å². The Morgan fingerprint density at radius 1 is 1.03 bits per heavy atom. The van der Waals surface area contributed by atoms with Gasteiger partial charge in [0.1, 0.15) is 18.4 Å². The minimum absolute atomic E-state index is 0.177. The number of furan rings is 1. The quantitative estimate of drug-likeness (QED) is 0.435. The number of fused-ring (bicyclic) bond motifs is 1. The van der Waals surface area contributed by atoms with E-state index in [9.17, 15) is 14.7 Å². The molecule has 0 unspecified atom stereocenters. The molecule has 174 valence electrons. The van der Waals surface area contributed by atoms with Crippen LogP contribution in [-0.4, -0.2) is 57.9 Å². The first kappa shape index (κ1) is 21.8. The molecule has 1 atom stereocenters. The van der Waals surface area contributed by atoms with E-state index in [1.165, 1.54) is 6.26 Å². The third kappa shape index (κ3) is 4.40. The first-order valence-corrected chi connectivity index (χ1v) is 11.2. The van der Waals surface area contributed by atoms with Gasteiger partial charge in [-0.05, 0) is 35.9 Å². The number of carboxylic acid groups (broad SMARTS) is 1. The van der Waals surface area contributed by atoms with Crippen molar-refractivity contribution in [3.05, 3.63) is 90.0 Å². The SMILES string of the molecule is O=C(O)[C@@H](c1c[nH]c2ccc(OCc3ccccc3)cc12)N1CCN(C(=O)c2ccco2)CC1. The second-order valence-corrected chi connectivity index (χ2v) is 8.27. The van der Waals surface area contributed by atoms with E-state index in [1.807, 2.05) is 53.4 Å². The van der Waals surface area contributed by atoms with Crippen molar-refractivity contribution in [3.63, 3.8) is 0 Å². The van der Waals surface area contributed by atoms with E-state index in [4.69, 9.17) is 9.15 Å². The molecule has 0 radical (unpaired) electrons. The van der Waals surface area contributed by atoms with Crippen molar-refractivity contribution in [2.45, 2.75) is 12.6 Å². The number of hydrogen-bond acceptors (Lipinski definition) is 5. The van der Waals surface area contributed by atoms with Crippen LogP contribution in [0.2, 0.25) is 0 Å². The average Bonchev–Trinajstić information content (AvgIpc) is 3.54. The maximum atomic E-state index is 12.6. The maximum Gasteiger partial charge on any atom is 0.325 e. The number of nitrogens with zero attached hydrogens (tertiary/aromatic N) is 2. The standard InChI is InChI=1S/C26H25N3O5/c30-25(23-7-4-14-33-23)29-12-10-28(11-13-29)24(26(31)32)21-16-27-22-9-8-19(15-20(21)22)34-17-18-5-2-1-3-6-18/h1-9,14-16,24,27H,10-13,17H2,(H,31,32)/t24-/m1/s1. The summed E-state index contributed by atoms with van der Waals surface area (Å²) in [4.78, 5) is 31.7. The van der Waals surface area contributed by atoms with Crippen molar-refractivity contribution in [2.75, 3.05) is 26.2 Å². The highest BCUT2D eigenvalue weighted by Crippen LogP contribution is 2.32. The molecule has 1 fully saturated rings. The fourth-order valence-corrected chi connectivity index (χ4v) is 4.40. The van der Waals surface area contributed by atoms with Crippen molar-refractivity contribution in [1.82, 2.24) is 14.8 Å². The van der Waals surface area contributed by atoms with Crippen LogP contribution in [0, 0.1) is 0 Å². The first-order chi connectivity index (χ1) is 16.6. The summed E-state index contributed by atoms with van der Waals surface area (Å²) in [5.41, 5.74) is 2.58. The van der Waals surface area contributed by atoms with Crippen molar-refractivity contribution >= 4 is 22.8 Å². The van der Waals surface area contributed by atoms with Crippen LogP contribution in [-0.2, 0) is 11.4 Å². The number of carbonyl (C=O) groups excluding carboxylic acids is 1. The molecule has 1 aliphatic heterocycles. The van der Waals surface area contributed by atoms with Crippen molar-refractivity contribution in [1.29, 1.82) is 0 Å². The fraction of sp³-hybridized carbons (Fsp3) is 0.231. The van der Waals surface area contributed by atoms with E-state index in [1.54, 1.807) is 23.2 Å². The lowest BCUT2D eigenvalue weighted by Gasteiger charge is -2.37. The van der Waals surface area contributed by atoms with Gasteiger partial charge in [0.05, 0.1) is 6.26 Å². The molecular formula is C26H25N3O5. The summed E-state index contributed by atoms with van der Waals surface area (Å²) in [6.45, 7) is 2.18. The Balaban J connectivity index is 1.33. The van der Waals surface area contributed by atoms with Crippen LogP contribution in [0.25, 0.3) is 10.9 Å². The zero-order valence-corrected chi connectivity index (χ0v) is 18.5. The molecule has 0 aliphatic carbocycles. The molecule has 5 rings (SSSR count). The summed E-state index contributed by atoms with van der Waals surface area (Å²) in [6, 6.07) is 18.0. The van der Waals surface area contributed by atoms with Crippen LogP contribution in [0.3, 0.4) is 0 Å². The van der Waals surface area contributed by atoms with Gasteiger partial charge >= 0.3 is 5.97 Å². The number of carbonyl (C=O) groups is 2. The van der Waals surface area contributed by atoms with Gasteiger partial charge in [0.15, 0.2) is 5.76 Å². The second-order valence-electron chi connectivity index (χ2n) is 8.27. The molecule has 1 amide bonds. The number of amides is 1.